The van der Waals surface area contributed by atoms with Gasteiger partial charge in [-0.1, -0.05) is 65.8 Å². The van der Waals surface area contributed by atoms with Gasteiger partial charge in [0.05, 0.1) is 6.21 Å². The highest BCUT2D eigenvalue weighted by atomic mass is 16.4. The van der Waals surface area contributed by atoms with Crippen molar-refractivity contribution in [3.8, 4) is 0 Å². The number of amides is 3. The van der Waals surface area contributed by atoms with Gasteiger partial charge < -0.3 is 29.9 Å². The summed E-state index contributed by atoms with van der Waals surface area (Å²) in [6, 6.07) is 16.5. The molecule has 7 N–H and O–H groups in total. The van der Waals surface area contributed by atoms with Crippen LogP contribution in [0.25, 0.3) is 0 Å². The third kappa shape index (κ3) is 5.45. The van der Waals surface area contributed by atoms with Crippen molar-refractivity contribution in [3.05, 3.63) is 77.7 Å². The third-order valence-corrected chi connectivity index (χ3v) is 6.24. The van der Waals surface area contributed by atoms with Crippen molar-refractivity contribution in [2.24, 2.45) is 5.10 Å². The fraction of sp³-hybridized carbons (Fsp3) is 0.280. The number of imide groups is 1. The molecule has 1 aromatic heterocycles. The van der Waals surface area contributed by atoms with Gasteiger partial charge in [-0.15, -0.1) is 5.10 Å². The normalized spacial score (nSPS) is 17.9. The van der Waals surface area contributed by atoms with Crippen molar-refractivity contribution in [2.75, 3.05) is 12.0 Å². The summed E-state index contributed by atoms with van der Waals surface area (Å²) >= 11 is 0. The van der Waals surface area contributed by atoms with Crippen molar-refractivity contribution in [1.29, 1.82) is 0 Å². The van der Waals surface area contributed by atoms with Crippen molar-refractivity contribution >= 4 is 30.0 Å². The zero-order chi connectivity index (χ0) is 28.9. The zero-order valence-electron chi connectivity index (χ0n) is 20.7. The second kappa shape index (κ2) is 12.1. The number of aliphatic hydroxyl groups is 5. The Balaban J connectivity index is 1.51. The average Bonchev–Trinajstić information content (AvgIpc) is 3.53. The molecular formula is C25H26N6O9. The number of hydrogen-bond donors (Lipinski definition) is 7. The Morgan fingerprint density at radius 2 is 1.60 bits per heavy atom. The predicted molar refractivity (Wildman–Crippen MR) is 135 cm³/mol. The molecule has 0 radical (unpaired) electrons. The van der Waals surface area contributed by atoms with Crippen LogP contribution in [0.3, 0.4) is 0 Å². The van der Waals surface area contributed by atoms with Crippen molar-refractivity contribution < 1.29 is 44.3 Å². The van der Waals surface area contributed by atoms with E-state index < -0.39 is 54.3 Å². The quantitative estimate of drug-likeness (QED) is 0.0768. The molecule has 3 amide bonds. The fourth-order valence-corrected chi connectivity index (χ4v) is 4.25. The Morgan fingerprint density at radius 3 is 2.17 bits per heavy atom. The lowest BCUT2D eigenvalue weighted by molar-refractivity contribution is -0.144. The Bertz CT molecular complexity index is 1330. The topological polar surface area (TPSA) is 231 Å². The highest BCUT2D eigenvalue weighted by Crippen LogP contribution is 2.40. The molecule has 0 bridgehead atoms. The maximum Gasteiger partial charge on any atom is 0.336 e. The molecule has 2 aromatic carbocycles. The zero-order valence-corrected chi connectivity index (χ0v) is 20.7. The molecular weight excluding hydrogens is 528 g/mol. The Labute approximate surface area is 226 Å². The fourth-order valence-electron chi connectivity index (χ4n) is 4.25. The van der Waals surface area contributed by atoms with Crippen LogP contribution in [-0.4, -0.2) is 95.6 Å². The van der Waals surface area contributed by atoms with E-state index in [-0.39, 0.29) is 18.5 Å². The van der Waals surface area contributed by atoms with Crippen LogP contribution in [0.2, 0.25) is 0 Å². The summed E-state index contributed by atoms with van der Waals surface area (Å²) in [4.78, 5) is 38.8. The van der Waals surface area contributed by atoms with Gasteiger partial charge in [0.2, 0.25) is 5.89 Å². The number of nitrogens with one attached hydrogen (secondary N) is 2. The number of ketones is 1. The molecule has 2 heterocycles. The van der Waals surface area contributed by atoms with E-state index in [1.54, 1.807) is 60.7 Å². The SMILES string of the molecule is O=C(CO)[C@@H](O)[C@H](O)[C@H](O)C(O)/C=N\Nc1nnc(CN2C(=O)NC(=O)C2(c2ccccc2)c2ccccc2)o1. The summed E-state index contributed by atoms with van der Waals surface area (Å²) in [5, 5.41) is 61.5. The van der Waals surface area contributed by atoms with E-state index in [1.807, 2.05) is 0 Å². The van der Waals surface area contributed by atoms with Crippen LogP contribution in [-0.2, 0) is 21.7 Å². The second-order valence-electron chi connectivity index (χ2n) is 8.72. The van der Waals surface area contributed by atoms with Gasteiger partial charge in [-0.25, -0.2) is 10.2 Å². The smallest absolute Gasteiger partial charge is 0.336 e. The first-order chi connectivity index (χ1) is 19.2. The molecule has 1 fully saturated rings. The summed E-state index contributed by atoms with van der Waals surface area (Å²) in [5.41, 5.74) is 1.85. The van der Waals surface area contributed by atoms with Gasteiger partial charge in [-0.2, -0.15) is 5.10 Å². The summed E-state index contributed by atoms with van der Waals surface area (Å²) < 4.78 is 5.48. The van der Waals surface area contributed by atoms with Crippen molar-refractivity contribution in [2.45, 2.75) is 36.5 Å². The molecule has 1 aliphatic heterocycles. The van der Waals surface area contributed by atoms with Gasteiger partial charge in [0.15, 0.2) is 11.3 Å². The minimum atomic E-state index is -2.12. The van der Waals surface area contributed by atoms with E-state index in [0.717, 1.165) is 6.21 Å². The minimum Gasteiger partial charge on any atom is -0.405 e. The molecule has 0 saturated carbocycles. The summed E-state index contributed by atoms with van der Waals surface area (Å²) in [6.07, 6.45) is -7.36. The van der Waals surface area contributed by atoms with Crippen LogP contribution < -0.4 is 10.7 Å². The van der Waals surface area contributed by atoms with E-state index in [2.05, 4.69) is 26.0 Å². The molecule has 4 rings (SSSR count). The summed E-state index contributed by atoms with van der Waals surface area (Å²) in [5.74, 6) is -1.78. The molecule has 15 nitrogen and oxygen atoms in total. The molecule has 210 valence electrons. The van der Waals surface area contributed by atoms with Crippen LogP contribution >= 0.6 is 0 Å². The lowest BCUT2D eigenvalue weighted by atomic mass is 9.81. The van der Waals surface area contributed by atoms with Gasteiger partial charge in [0.1, 0.15) is 37.6 Å². The molecule has 40 heavy (non-hydrogen) atoms. The van der Waals surface area contributed by atoms with Crippen LogP contribution in [0.5, 0.6) is 0 Å². The molecule has 15 heteroatoms. The lowest BCUT2D eigenvalue weighted by Crippen LogP contribution is -2.48. The number of hydrogen-bond acceptors (Lipinski definition) is 13. The lowest BCUT2D eigenvalue weighted by Gasteiger charge is -2.35. The van der Waals surface area contributed by atoms with Crippen molar-refractivity contribution in [1.82, 2.24) is 20.4 Å². The first-order valence-corrected chi connectivity index (χ1v) is 11.9. The summed E-state index contributed by atoms with van der Waals surface area (Å²) in [6.45, 7) is -1.34. The number of aliphatic hydroxyl groups excluding tert-OH is 5. The Morgan fingerprint density at radius 1 is 1.00 bits per heavy atom. The van der Waals surface area contributed by atoms with E-state index in [9.17, 15) is 34.8 Å². The van der Waals surface area contributed by atoms with Gasteiger partial charge in [0, 0.05) is 0 Å². The molecule has 0 aliphatic carbocycles. The number of rotatable bonds is 12. The van der Waals surface area contributed by atoms with Gasteiger partial charge in [-0.05, 0) is 11.1 Å². The number of urea groups is 1. The monoisotopic (exact) mass is 554 g/mol. The van der Waals surface area contributed by atoms with Gasteiger partial charge in [0.25, 0.3) is 5.91 Å². The Hall–Kier alpha value is -4.54. The van der Waals surface area contributed by atoms with E-state index in [0.29, 0.717) is 11.1 Å². The number of anilines is 1. The standard InChI is InChI=1S/C25H26N6O9/c32-13-17(34)20(36)21(37)19(35)16(33)11-26-29-23-30-28-18(40-23)12-31-24(39)27-22(38)25(31,14-7-3-1-4-8-14)15-9-5-2-6-10-15/h1-11,16,19-21,32-33,35-37H,12-13H2,(H,29,30)(H,27,38,39)/b26-11-/t16?,19-,20-,21-/m1/s1. The number of Topliss-reactive ketones (excluding diaryl/α,β-unsaturated/α-hetero) is 1. The molecule has 4 atom stereocenters. The third-order valence-electron chi connectivity index (χ3n) is 6.24. The molecule has 0 spiro atoms. The van der Waals surface area contributed by atoms with Gasteiger partial charge in [-0.3, -0.25) is 19.8 Å². The largest absolute Gasteiger partial charge is 0.405 e. The maximum atomic E-state index is 13.3. The number of carbonyl (C=O) groups is 3. The number of aromatic nitrogens is 2. The Kier molecular flexibility index (Phi) is 8.61. The number of benzene rings is 2. The molecule has 1 unspecified atom stereocenters. The molecule has 3 aromatic rings. The van der Waals surface area contributed by atoms with Crippen LogP contribution in [0, 0.1) is 0 Å². The second-order valence-corrected chi connectivity index (χ2v) is 8.72. The maximum absolute atomic E-state index is 13.3. The first-order valence-electron chi connectivity index (χ1n) is 11.9. The number of hydrazone groups is 1. The highest BCUT2D eigenvalue weighted by Gasteiger charge is 2.55. The summed E-state index contributed by atoms with van der Waals surface area (Å²) in [7, 11) is 0. The predicted octanol–water partition coefficient (Wildman–Crippen LogP) is -1.53. The van der Waals surface area contributed by atoms with E-state index >= 15 is 0 Å². The number of carbonyl (C=O) groups excluding carboxylic acids is 3. The minimum absolute atomic E-state index is 0.0690. The average molecular weight is 555 g/mol. The van der Waals surface area contributed by atoms with Gasteiger partial charge >= 0.3 is 12.0 Å². The first kappa shape index (κ1) is 28.5. The van der Waals surface area contributed by atoms with Crippen LogP contribution in [0.1, 0.15) is 17.0 Å². The van der Waals surface area contributed by atoms with E-state index in [4.69, 9.17) is 9.52 Å². The number of nitrogens with zero attached hydrogens (tertiary/aromatic N) is 4. The van der Waals surface area contributed by atoms with Crippen molar-refractivity contribution in [3.63, 3.8) is 0 Å². The van der Waals surface area contributed by atoms with Crippen LogP contribution in [0.15, 0.2) is 70.2 Å². The molecule has 1 aliphatic rings. The van der Waals surface area contributed by atoms with E-state index in [1.165, 1.54) is 4.90 Å². The van der Waals surface area contributed by atoms with Crippen LogP contribution in [0.4, 0.5) is 10.8 Å². The molecule has 1 saturated heterocycles. The highest BCUT2D eigenvalue weighted by molar-refractivity contribution is 6.09.